The van der Waals surface area contributed by atoms with E-state index >= 15 is 0 Å². The molecule has 4 nitrogen and oxygen atoms in total. The van der Waals surface area contributed by atoms with Crippen LogP contribution in [0, 0.1) is 0 Å². The quantitative estimate of drug-likeness (QED) is 0.610. The molecule has 1 heterocycles. The molecule has 1 saturated carbocycles. The van der Waals surface area contributed by atoms with Crippen molar-refractivity contribution < 1.29 is 9.53 Å². The van der Waals surface area contributed by atoms with Crippen LogP contribution in [0.5, 0.6) is 0 Å². The number of piperazine rings is 1. The van der Waals surface area contributed by atoms with Gasteiger partial charge in [-0.25, -0.2) is 4.79 Å². The molecule has 0 aromatic heterocycles. The van der Waals surface area contributed by atoms with Crippen molar-refractivity contribution in [2.45, 2.75) is 24.8 Å². The number of anilines is 1. The van der Waals surface area contributed by atoms with Crippen LogP contribution < -0.4 is 4.90 Å². The Morgan fingerprint density at radius 1 is 1.35 bits per heavy atom. The van der Waals surface area contributed by atoms with Crippen LogP contribution in [-0.2, 0) is 4.74 Å². The van der Waals surface area contributed by atoms with Gasteiger partial charge in [-0.15, -0.1) is 6.58 Å². The first kappa shape index (κ1) is 16.3. The molecule has 1 aliphatic heterocycles. The Morgan fingerprint density at radius 3 is 2.61 bits per heavy atom. The molecule has 0 N–H and O–H groups in total. The average Bonchev–Trinajstić information content (AvgIpc) is 3.35. The van der Waals surface area contributed by atoms with Crippen molar-refractivity contribution in [2.75, 3.05) is 38.2 Å². The number of nitrogens with zero attached hydrogens (tertiary/aromatic N) is 2. The van der Waals surface area contributed by atoms with Gasteiger partial charge in [0.25, 0.3) is 0 Å². The lowest BCUT2D eigenvalue weighted by atomic mass is 10.1. The number of ether oxygens (including phenoxy) is 1. The second kappa shape index (κ2) is 6.54. The molecule has 3 rings (SSSR count). The van der Waals surface area contributed by atoms with Crippen LogP contribution >= 0.6 is 11.6 Å². The van der Waals surface area contributed by atoms with E-state index in [1.807, 2.05) is 12.1 Å². The highest BCUT2D eigenvalue weighted by molar-refractivity contribution is 6.31. The molecule has 0 atom stereocenters. The third-order valence-electron chi connectivity index (χ3n) is 5.01. The molecule has 1 aromatic rings. The van der Waals surface area contributed by atoms with E-state index in [9.17, 15) is 4.79 Å². The number of carbonyl (C=O) groups excluding carboxylic acids is 1. The van der Waals surface area contributed by atoms with Gasteiger partial charge in [0.05, 0.1) is 18.4 Å². The minimum Gasteiger partial charge on any atom is -0.465 e. The third kappa shape index (κ3) is 3.24. The van der Waals surface area contributed by atoms with Crippen LogP contribution in [0.4, 0.5) is 5.69 Å². The average molecular weight is 335 g/mol. The zero-order chi connectivity index (χ0) is 16.4. The lowest BCUT2D eigenvalue weighted by molar-refractivity contribution is 0.0601. The van der Waals surface area contributed by atoms with E-state index in [4.69, 9.17) is 16.3 Å². The van der Waals surface area contributed by atoms with E-state index in [1.54, 1.807) is 12.1 Å². The maximum Gasteiger partial charge on any atom is 0.339 e. The lowest BCUT2D eigenvalue weighted by Crippen LogP contribution is -2.51. The highest BCUT2D eigenvalue weighted by atomic mass is 35.5. The topological polar surface area (TPSA) is 32.8 Å². The molecule has 2 aliphatic rings. The maximum absolute atomic E-state index is 12.0. The summed E-state index contributed by atoms with van der Waals surface area (Å²) in [7, 11) is 1.41. The Balaban J connectivity index is 1.74. The van der Waals surface area contributed by atoms with Gasteiger partial charge in [0.2, 0.25) is 0 Å². The number of carbonyl (C=O) groups is 1. The molecule has 1 aliphatic carbocycles. The summed E-state index contributed by atoms with van der Waals surface area (Å²) in [5.74, 6) is -0.315. The van der Waals surface area contributed by atoms with Crippen LogP contribution in [0.25, 0.3) is 0 Å². The van der Waals surface area contributed by atoms with Gasteiger partial charge in [-0.1, -0.05) is 17.7 Å². The molecule has 124 valence electrons. The van der Waals surface area contributed by atoms with E-state index in [-0.39, 0.29) is 5.97 Å². The van der Waals surface area contributed by atoms with Gasteiger partial charge in [0.15, 0.2) is 0 Å². The van der Waals surface area contributed by atoms with Gasteiger partial charge < -0.3 is 9.64 Å². The van der Waals surface area contributed by atoms with Gasteiger partial charge in [-0.3, -0.25) is 4.90 Å². The van der Waals surface area contributed by atoms with Crippen LogP contribution in [-0.4, -0.2) is 49.7 Å². The van der Waals surface area contributed by atoms with Crippen molar-refractivity contribution in [1.82, 2.24) is 4.90 Å². The summed E-state index contributed by atoms with van der Waals surface area (Å²) < 4.78 is 4.89. The summed E-state index contributed by atoms with van der Waals surface area (Å²) in [6.45, 7) is 7.68. The minimum absolute atomic E-state index is 0.315. The Bertz CT molecular complexity index is 605. The molecule has 2 fully saturated rings. The highest BCUT2D eigenvalue weighted by Crippen LogP contribution is 2.45. The van der Waals surface area contributed by atoms with Gasteiger partial charge in [0.1, 0.15) is 0 Å². The zero-order valence-corrected chi connectivity index (χ0v) is 14.3. The van der Waals surface area contributed by atoms with Crippen molar-refractivity contribution in [1.29, 1.82) is 0 Å². The first-order chi connectivity index (χ1) is 11.1. The Kier molecular flexibility index (Phi) is 4.64. The largest absolute Gasteiger partial charge is 0.465 e. The molecular formula is C18H23ClN2O2. The molecular weight excluding hydrogens is 312 g/mol. The number of halogens is 1. The number of benzene rings is 1. The number of rotatable bonds is 5. The van der Waals surface area contributed by atoms with Crippen LogP contribution in [0.3, 0.4) is 0 Å². The van der Waals surface area contributed by atoms with Crippen molar-refractivity contribution in [3.05, 3.63) is 41.4 Å². The number of methoxy groups -OCH3 is 1. The highest BCUT2D eigenvalue weighted by Gasteiger charge is 2.47. The van der Waals surface area contributed by atoms with E-state index in [2.05, 4.69) is 16.4 Å². The fourth-order valence-electron chi connectivity index (χ4n) is 3.53. The van der Waals surface area contributed by atoms with Crippen molar-refractivity contribution >= 4 is 23.3 Å². The first-order valence-electron chi connectivity index (χ1n) is 8.08. The fraction of sp³-hybridized carbons (Fsp3) is 0.500. The van der Waals surface area contributed by atoms with E-state index in [1.165, 1.54) is 20.0 Å². The van der Waals surface area contributed by atoms with E-state index in [0.29, 0.717) is 16.1 Å². The second-order valence-electron chi connectivity index (χ2n) is 6.34. The molecule has 0 bridgehead atoms. The summed E-state index contributed by atoms with van der Waals surface area (Å²) >= 11 is 6.14. The normalized spacial score (nSPS) is 20.2. The minimum atomic E-state index is -0.315. The van der Waals surface area contributed by atoms with Crippen molar-refractivity contribution in [3.8, 4) is 0 Å². The Hall–Kier alpha value is -1.52. The van der Waals surface area contributed by atoms with E-state index < -0.39 is 0 Å². The smallest absolute Gasteiger partial charge is 0.339 e. The first-order valence-corrected chi connectivity index (χ1v) is 8.46. The van der Waals surface area contributed by atoms with Gasteiger partial charge in [0, 0.05) is 36.7 Å². The summed E-state index contributed by atoms with van der Waals surface area (Å²) in [5, 5.41) is 0.639. The SMILES string of the molecule is C=CCC1(N2CCN(c3cc(Cl)ccc3C(=O)OC)CC2)CC1. The molecule has 0 unspecified atom stereocenters. The lowest BCUT2D eigenvalue weighted by Gasteiger charge is -2.41. The molecule has 5 heteroatoms. The monoisotopic (exact) mass is 334 g/mol. The molecule has 1 aromatic carbocycles. The van der Waals surface area contributed by atoms with Crippen molar-refractivity contribution in [2.24, 2.45) is 0 Å². The molecule has 0 radical (unpaired) electrons. The summed E-state index contributed by atoms with van der Waals surface area (Å²) in [6.07, 6.45) is 5.64. The Morgan fingerprint density at radius 2 is 2.04 bits per heavy atom. The molecule has 1 saturated heterocycles. The molecule has 23 heavy (non-hydrogen) atoms. The molecule has 0 amide bonds. The predicted molar refractivity (Wildman–Crippen MR) is 93.4 cm³/mol. The third-order valence-corrected chi connectivity index (χ3v) is 5.24. The zero-order valence-electron chi connectivity index (χ0n) is 13.6. The van der Waals surface area contributed by atoms with Gasteiger partial charge in [-0.2, -0.15) is 0 Å². The van der Waals surface area contributed by atoms with Crippen LogP contribution in [0.1, 0.15) is 29.6 Å². The van der Waals surface area contributed by atoms with Crippen molar-refractivity contribution in [3.63, 3.8) is 0 Å². The summed E-state index contributed by atoms with van der Waals surface area (Å²) in [4.78, 5) is 16.8. The summed E-state index contributed by atoms with van der Waals surface area (Å²) in [5.41, 5.74) is 1.81. The summed E-state index contributed by atoms with van der Waals surface area (Å²) in [6, 6.07) is 5.34. The Labute approximate surface area is 142 Å². The number of hydrogen-bond donors (Lipinski definition) is 0. The fourth-order valence-corrected chi connectivity index (χ4v) is 3.70. The number of hydrogen-bond acceptors (Lipinski definition) is 4. The van der Waals surface area contributed by atoms with Gasteiger partial charge >= 0.3 is 5.97 Å². The van der Waals surface area contributed by atoms with Crippen LogP contribution in [0.15, 0.2) is 30.9 Å². The van der Waals surface area contributed by atoms with Gasteiger partial charge in [-0.05, 0) is 37.5 Å². The van der Waals surface area contributed by atoms with E-state index in [0.717, 1.165) is 38.3 Å². The van der Waals surface area contributed by atoms with Crippen LogP contribution in [0.2, 0.25) is 5.02 Å². The predicted octanol–water partition coefficient (Wildman–Crippen LogP) is 3.36. The standard InChI is InChI=1S/C18H23ClN2O2/c1-3-6-18(7-8-18)21-11-9-20(10-12-21)16-13-14(19)4-5-15(16)17(22)23-2/h3-5,13H,1,6-12H2,2H3. The maximum atomic E-state index is 12.0. The molecule has 0 spiro atoms. The second-order valence-corrected chi connectivity index (χ2v) is 6.78. The number of esters is 1.